The second-order valence-electron chi connectivity index (χ2n) is 6.82. The molecule has 0 atom stereocenters. The Hall–Kier alpha value is -2.90. The average Bonchev–Trinajstić information content (AvgIpc) is 3.46. The maximum absolute atomic E-state index is 14.2. The topological polar surface area (TPSA) is 47.0 Å². The Kier molecular flexibility index (Phi) is 4.17. The summed E-state index contributed by atoms with van der Waals surface area (Å²) in [7, 11) is 0. The molecule has 2 aromatic rings. The molecular weight excluding hydrogens is 381 g/mol. The van der Waals surface area contributed by atoms with Crippen LogP contribution in [0.4, 0.5) is 22.0 Å². The van der Waals surface area contributed by atoms with Crippen LogP contribution in [-0.2, 0) is 12.6 Å². The number of Topliss-reactive ketones (excluding diaryl/α,β-unsaturated/α-hetero) is 2. The van der Waals surface area contributed by atoms with Crippen LogP contribution >= 0.6 is 0 Å². The highest BCUT2D eigenvalue weighted by atomic mass is 19.4. The van der Waals surface area contributed by atoms with Crippen molar-refractivity contribution in [2.75, 3.05) is 0 Å². The van der Waals surface area contributed by atoms with E-state index in [-0.39, 0.29) is 29.2 Å². The fourth-order valence-electron chi connectivity index (χ4n) is 3.40. The molecule has 1 heterocycles. The number of ketones is 2. The molecule has 144 valence electrons. The van der Waals surface area contributed by atoms with Gasteiger partial charge in [0.25, 0.3) is 0 Å². The van der Waals surface area contributed by atoms with E-state index in [1.165, 1.54) is 0 Å². The first-order chi connectivity index (χ1) is 13.2. The van der Waals surface area contributed by atoms with E-state index in [1.54, 1.807) is 0 Å². The van der Waals surface area contributed by atoms with Crippen molar-refractivity contribution < 1.29 is 31.5 Å². The van der Waals surface area contributed by atoms with Gasteiger partial charge in [-0.25, -0.2) is 8.78 Å². The van der Waals surface area contributed by atoms with Crippen molar-refractivity contribution in [3.05, 3.63) is 75.6 Å². The maximum atomic E-state index is 14.2. The normalized spacial score (nSPS) is 17.2. The number of allylic oxidation sites excluding steroid dienone is 2. The number of halogens is 5. The molecule has 2 aliphatic rings. The number of nitrogens with zero attached hydrogens (tertiary/aromatic N) is 1. The maximum Gasteiger partial charge on any atom is 0.417 e. The highest BCUT2D eigenvalue weighted by Crippen LogP contribution is 2.44. The third kappa shape index (κ3) is 3.02. The number of carbonyl (C=O) groups is 2. The average molecular weight is 393 g/mol. The fraction of sp³-hybridized carbons (Fsp3) is 0.250. The lowest BCUT2D eigenvalue weighted by Crippen LogP contribution is -2.27. The Bertz CT molecular complexity index is 1030. The lowest BCUT2D eigenvalue weighted by Gasteiger charge is -2.22. The molecule has 28 heavy (non-hydrogen) atoms. The number of benzene rings is 1. The second-order valence-corrected chi connectivity index (χ2v) is 6.82. The van der Waals surface area contributed by atoms with Crippen LogP contribution in [0.3, 0.4) is 0 Å². The predicted molar refractivity (Wildman–Crippen MR) is 87.7 cm³/mol. The number of fused-ring (bicyclic) bond motifs is 1. The molecular formula is C20H12F5NO2. The minimum atomic E-state index is -4.56. The first-order valence-corrected chi connectivity index (χ1v) is 8.51. The summed E-state index contributed by atoms with van der Waals surface area (Å²) in [6.45, 7) is 0. The van der Waals surface area contributed by atoms with Crippen LogP contribution in [0.15, 0.2) is 41.6 Å². The highest BCUT2D eigenvalue weighted by Gasteiger charge is 2.42. The summed E-state index contributed by atoms with van der Waals surface area (Å²) < 4.78 is 66.4. The zero-order chi connectivity index (χ0) is 20.2. The number of carbonyl (C=O) groups excluding carboxylic acids is 2. The highest BCUT2D eigenvalue weighted by molar-refractivity contribution is 6.27. The van der Waals surface area contributed by atoms with Gasteiger partial charge in [-0.1, -0.05) is 0 Å². The molecule has 0 radical (unpaired) electrons. The molecule has 4 rings (SSSR count). The molecule has 2 aliphatic carbocycles. The van der Waals surface area contributed by atoms with E-state index < -0.39 is 46.1 Å². The van der Waals surface area contributed by atoms with Crippen LogP contribution < -0.4 is 0 Å². The molecule has 8 heteroatoms. The standard InChI is InChI=1S/C20H12F5NO2/c21-13-5-6-14(22)17-16(13)18(27)12(15(19(17)28)9-1-2-9)7-11-4-3-10(8-26-11)20(23,24)25/h3-6,8-9H,1-2,7H2. The SMILES string of the molecule is O=C1C(Cc2ccc(C(F)(F)F)cn2)=C(C2CC2)C(=O)c2c(F)ccc(F)c21. The third-order valence-electron chi connectivity index (χ3n) is 4.90. The molecule has 1 aromatic carbocycles. The number of alkyl halides is 3. The van der Waals surface area contributed by atoms with E-state index in [2.05, 4.69) is 4.98 Å². The fourth-order valence-corrected chi connectivity index (χ4v) is 3.40. The summed E-state index contributed by atoms with van der Waals surface area (Å²) in [5.41, 5.74) is -1.94. The monoisotopic (exact) mass is 393 g/mol. The number of hydrogen-bond donors (Lipinski definition) is 0. The van der Waals surface area contributed by atoms with Crippen molar-refractivity contribution in [2.24, 2.45) is 5.92 Å². The van der Waals surface area contributed by atoms with Crippen LogP contribution in [0.25, 0.3) is 0 Å². The van der Waals surface area contributed by atoms with Gasteiger partial charge in [-0.2, -0.15) is 13.2 Å². The second kappa shape index (κ2) is 6.32. The minimum Gasteiger partial charge on any atom is -0.289 e. The first-order valence-electron chi connectivity index (χ1n) is 8.51. The van der Waals surface area contributed by atoms with E-state index in [4.69, 9.17) is 0 Å². The summed E-state index contributed by atoms with van der Waals surface area (Å²) in [6, 6.07) is 3.50. The molecule has 1 saturated carbocycles. The molecule has 0 N–H and O–H groups in total. The lowest BCUT2D eigenvalue weighted by molar-refractivity contribution is -0.137. The molecule has 0 spiro atoms. The van der Waals surface area contributed by atoms with Gasteiger partial charge in [0.2, 0.25) is 0 Å². The Balaban J connectivity index is 1.78. The van der Waals surface area contributed by atoms with Gasteiger partial charge in [0, 0.05) is 29.5 Å². The molecule has 0 saturated heterocycles. The Morgan fingerprint density at radius 1 is 0.929 bits per heavy atom. The largest absolute Gasteiger partial charge is 0.417 e. The van der Waals surface area contributed by atoms with E-state index in [0.29, 0.717) is 19.0 Å². The molecule has 0 amide bonds. The van der Waals surface area contributed by atoms with E-state index in [1.807, 2.05) is 0 Å². The molecule has 1 fully saturated rings. The first kappa shape index (κ1) is 18.5. The summed E-state index contributed by atoms with van der Waals surface area (Å²) in [5, 5.41) is 0. The van der Waals surface area contributed by atoms with E-state index >= 15 is 0 Å². The Morgan fingerprint density at radius 3 is 2.04 bits per heavy atom. The van der Waals surface area contributed by atoms with Crippen LogP contribution in [0.5, 0.6) is 0 Å². The van der Waals surface area contributed by atoms with Gasteiger partial charge in [0.1, 0.15) is 11.6 Å². The molecule has 1 aromatic heterocycles. The smallest absolute Gasteiger partial charge is 0.289 e. The third-order valence-corrected chi connectivity index (χ3v) is 4.90. The van der Waals surface area contributed by atoms with Gasteiger partial charge in [-0.15, -0.1) is 0 Å². The molecule has 0 bridgehead atoms. The zero-order valence-corrected chi connectivity index (χ0v) is 14.2. The van der Waals surface area contributed by atoms with Crippen LogP contribution in [0.2, 0.25) is 0 Å². The number of rotatable bonds is 3. The van der Waals surface area contributed by atoms with Crippen molar-refractivity contribution in [3.63, 3.8) is 0 Å². The summed E-state index contributed by atoms with van der Waals surface area (Å²) in [4.78, 5) is 29.4. The van der Waals surface area contributed by atoms with Crippen molar-refractivity contribution in [1.29, 1.82) is 0 Å². The van der Waals surface area contributed by atoms with E-state index in [0.717, 1.165) is 24.3 Å². The minimum absolute atomic E-state index is 0.0308. The van der Waals surface area contributed by atoms with Crippen LogP contribution in [0.1, 0.15) is 44.8 Å². The van der Waals surface area contributed by atoms with Gasteiger partial charge < -0.3 is 0 Å². The van der Waals surface area contributed by atoms with Gasteiger partial charge >= 0.3 is 6.18 Å². The van der Waals surface area contributed by atoms with Crippen molar-refractivity contribution >= 4 is 11.6 Å². The summed E-state index contributed by atoms with van der Waals surface area (Å²) >= 11 is 0. The van der Waals surface area contributed by atoms with Crippen LogP contribution in [-0.4, -0.2) is 16.6 Å². The molecule has 3 nitrogen and oxygen atoms in total. The molecule has 0 unspecified atom stereocenters. The number of pyridine rings is 1. The Labute approximate surface area is 155 Å². The quantitative estimate of drug-likeness (QED) is 0.710. The van der Waals surface area contributed by atoms with Crippen molar-refractivity contribution in [3.8, 4) is 0 Å². The van der Waals surface area contributed by atoms with Gasteiger partial charge in [-0.3, -0.25) is 14.6 Å². The molecule has 0 aliphatic heterocycles. The van der Waals surface area contributed by atoms with E-state index in [9.17, 15) is 31.5 Å². The number of hydrogen-bond acceptors (Lipinski definition) is 3. The summed E-state index contributed by atoms with van der Waals surface area (Å²) in [5.74, 6) is -3.79. The van der Waals surface area contributed by atoms with Crippen LogP contribution in [0, 0.1) is 17.6 Å². The lowest BCUT2D eigenvalue weighted by atomic mass is 9.80. The number of aromatic nitrogens is 1. The van der Waals surface area contributed by atoms with Gasteiger partial charge in [0.15, 0.2) is 11.6 Å². The predicted octanol–water partition coefficient (Wildman–Crippen LogP) is 4.71. The van der Waals surface area contributed by atoms with Crippen molar-refractivity contribution in [1.82, 2.24) is 4.98 Å². The Morgan fingerprint density at radius 2 is 1.54 bits per heavy atom. The van der Waals surface area contributed by atoms with Crippen molar-refractivity contribution in [2.45, 2.75) is 25.4 Å². The summed E-state index contributed by atoms with van der Waals surface area (Å²) in [6.07, 6.45) is -2.89. The van der Waals surface area contributed by atoms with Gasteiger partial charge in [0.05, 0.1) is 16.7 Å². The zero-order valence-electron chi connectivity index (χ0n) is 14.2. The van der Waals surface area contributed by atoms with Gasteiger partial charge in [-0.05, 0) is 43.0 Å².